The second-order valence-electron chi connectivity index (χ2n) is 1.46. The molecule has 0 amide bonds. The average Bonchev–Trinajstić information content (AvgIpc) is 2.14. The Bertz CT molecular complexity index is 56.9. The summed E-state index contributed by atoms with van der Waals surface area (Å²) in [7, 11) is 0. The molecule has 0 aromatic heterocycles. The van der Waals surface area contributed by atoms with Crippen molar-refractivity contribution >= 4 is 0 Å². The number of ether oxygens (including phenoxy) is 2. The minimum atomic E-state index is -0.0139. The fraction of sp³-hybridized carbons (Fsp3) is 0.800. The monoisotopic (exact) mass is 244 g/mol. The van der Waals surface area contributed by atoms with E-state index in [1.54, 1.807) is 0 Å². The molecule has 1 rings (SSSR count). The van der Waals surface area contributed by atoms with Gasteiger partial charge in [-0.05, 0) is 0 Å². The predicted molar refractivity (Wildman–Crippen MR) is 25.7 cm³/mol. The summed E-state index contributed by atoms with van der Waals surface area (Å²) in [6.07, 6.45) is 0.708. The SMILES string of the molecule is [Br-].[CH2-]CC1OCCO1.[Zn+2]. The molecular formula is C5H9BrO2Zn. The van der Waals surface area contributed by atoms with Gasteiger partial charge in [0.15, 0.2) is 0 Å². The van der Waals surface area contributed by atoms with E-state index >= 15 is 0 Å². The van der Waals surface area contributed by atoms with Gasteiger partial charge in [0.25, 0.3) is 0 Å². The first-order valence-corrected chi connectivity index (χ1v) is 2.46. The second kappa shape index (κ2) is 7.13. The molecule has 0 aliphatic carbocycles. The first-order valence-electron chi connectivity index (χ1n) is 2.46. The molecule has 1 heterocycles. The Morgan fingerprint density at radius 1 is 1.33 bits per heavy atom. The van der Waals surface area contributed by atoms with E-state index in [2.05, 4.69) is 6.92 Å². The van der Waals surface area contributed by atoms with E-state index in [4.69, 9.17) is 9.47 Å². The first kappa shape index (κ1) is 12.7. The van der Waals surface area contributed by atoms with Crippen LogP contribution in [-0.4, -0.2) is 19.5 Å². The maximum absolute atomic E-state index is 5.02. The Hall–Kier alpha value is 1.02. The molecule has 9 heavy (non-hydrogen) atoms. The van der Waals surface area contributed by atoms with E-state index < -0.39 is 0 Å². The summed E-state index contributed by atoms with van der Waals surface area (Å²) < 4.78 is 10.0. The van der Waals surface area contributed by atoms with Crippen molar-refractivity contribution in [3.8, 4) is 0 Å². The third-order valence-electron chi connectivity index (χ3n) is 0.927. The Kier molecular flexibility index (Phi) is 10.0. The zero-order valence-electron chi connectivity index (χ0n) is 5.31. The Morgan fingerprint density at radius 2 is 1.78 bits per heavy atom. The minimum absolute atomic E-state index is 0. The smallest absolute Gasteiger partial charge is 1.00 e. The van der Waals surface area contributed by atoms with Crippen LogP contribution in [0.3, 0.4) is 0 Å². The summed E-state index contributed by atoms with van der Waals surface area (Å²) in [6, 6.07) is 0. The van der Waals surface area contributed by atoms with Gasteiger partial charge < -0.3 is 33.4 Å². The van der Waals surface area contributed by atoms with E-state index in [-0.39, 0.29) is 42.7 Å². The molecule has 0 saturated carbocycles. The molecule has 2 nitrogen and oxygen atoms in total. The number of hydrogen-bond donors (Lipinski definition) is 0. The third kappa shape index (κ3) is 4.43. The van der Waals surface area contributed by atoms with Crippen molar-refractivity contribution in [1.82, 2.24) is 0 Å². The van der Waals surface area contributed by atoms with Gasteiger partial charge in [-0.1, -0.05) is 0 Å². The van der Waals surface area contributed by atoms with Crippen LogP contribution in [0.15, 0.2) is 0 Å². The topological polar surface area (TPSA) is 18.5 Å². The van der Waals surface area contributed by atoms with Gasteiger partial charge >= 0.3 is 19.5 Å². The van der Waals surface area contributed by atoms with Crippen molar-refractivity contribution in [2.24, 2.45) is 0 Å². The summed E-state index contributed by atoms with van der Waals surface area (Å²) in [6.45, 7) is 5.09. The Morgan fingerprint density at radius 3 is 2.00 bits per heavy atom. The maximum Gasteiger partial charge on any atom is 2.00 e. The molecule has 1 saturated heterocycles. The number of rotatable bonds is 1. The predicted octanol–water partition coefficient (Wildman–Crippen LogP) is -2.42. The van der Waals surface area contributed by atoms with Gasteiger partial charge in [-0.2, -0.15) is 0 Å². The summed E-state index contributed by atoms with van der Waals surface area (Å²) in [5.74, 6) is 0. The molecule has 0 atom stereocenters. The van der Waals surface area contributed by atoms with Crippen molar-refractivity contribution in [2.45, 2.75) is 12.7 Å². The van der Waals surface area contributed by atoms with Crippen LogP contribution in [0.5, 0.6) is 0 Å². The zero-order chi connectivity index (χ0) is 5.11. The molecule has 0 aromatic rings. The summed E-state index contributed by atoms with van der Waals surface area (Å²) >= 11 is 0. The maximum atomic E-state index is 5.02. The van der Waals surface area contributed by atoms with Gasteiger partial charge in [0, 0.05) is 0 Å². The van der Waals surface area contributed by atoms with Gasteiger partial charge in [-0.3, -0.25) is 0 Å². The largest absolute Gasteiger partial charge is 2.00 e. The normalized spacial score (nSPS) is 18.3. The van der Waals surface area contributed by atoms with Gasteiger partial charge in [0.05, 0.1) is 13.2 Å². The molecular weight excluding hydrogens is 237 g/mol. The molecule has 0 N–H and O–H groups in total. The summed E-state index contributed by atoms with van der Waals surface area (Å²) in [5, 5.41) is 0. The van der Waals surface area contributed by atoms with E-state index in [0.29, 0.717) is 0 Å². The van der Waals surface area contributed by atoms with Crippen LogP contribution >= 0.6 is 0 Å². The van der Waals surface area contributed by atoms with Crippen LogP contribution in [0.1, 0.15) is 6.42 Å². The fourth-order valence-corrected chi connectivity index (χ4v) is 0.574. The number of hydrogen-bond acceptors (Lipinski definition) is 2. The quantitative estimate of drug-likeness (QED) is 0.379. The van der Waals surface area contributed by atoms with Crippen LogP contribution in [0.25, 0.3) is 0 Å². The Labute approximate surface area is 78.8 Å². The Balaban J connectivity index is 0. The molecule has 1 aliphatic rings. The van der Waals surface area contributed by atoms with E-state index in [0.717, 1.165) is 19.6 Å². The average molecular weight is 246 g/mol. The molecule has 1 fully saturated rings. The molecule has 1 aliphatic heterocycles. The van der Waals surface area contributed by atoms with Crippen molar-refractivity contribution in [2.75, 3.05) is 13.2 Å². The van der Waals surface area contributed by atoms with Crippen LogP contribution < -0.4 is 17.0 Å². The van der Waals surface area contributed by atoms with Gasteiger partial charge in [-0.25, -0.2) is 0 Å². The molecule has 4 heteroatoms. The van der Waals surface area contributed by atoms with Crippen LogP contribution in [0.2, 0.25) is 0 Å². The van der Waals surface area contributed by atoms with Crippen molar-refractivity contribution in [3.05, 3.63) is 6.92 Å². The van der Waals surface area contributed by atoms with E-state index in [1.165, 1.54) is 0 Å². The molecule has 0 radical (unpaired) electrons. The fourth-order valence-electron chi connectivity index (χ4n) is 0.574. The van der Waals surface area contributed by atoms with Crippen LogP contribution in [-0.2, 0) is 29.0 Å². The number of halogens is 1. The van der Waals surface area contributed by atoms with Crippen LogP contribution in [0, 0.1) is 6.92 Å². The standard InChI is InChI=1S/C5H9O2.BrH.Zn/c1-2-5-6-3-4-7-5;;/h5H,1-4H2;1H;/q-1;;+2/p-1. The van der Waals surface area contributed by atoms with Gasteiger partial charge in [-0.15, -0.1) is 6.42 Å². The van der Waals surface area contributed by atoms with Crippen molar-refractivity contribution in [1.29, 1.82) is 0 Å². The molecule has 50 valence electrons. The van der Waals surface area contributed by atoms with Gasteiger partial charge in [0.1, 0.15) is 6.29 Å². The third-order valence-corrected chi connectivity index (χ3v) is 0.927. The summed E-state index contributed by atoms with van der Waals surface area (Å²) in [4.78, 5) is 0. The summed E-state index contributed by atoms with van der Waals surface area (Å²) in [5.41, 5.74) is 0. The second-order valence-corrected chi connectivity index (χ2v) is 1.46. The molecule has 0 aromatic carbocycles. The molecule has 0 bridgehead atoms. The van der Waals surface area contributed by atoms with Gasteiger partial charge in [0.2, 0.25) is 0 Å². The van der Waals surface area contributed by atoms with Crippen molar-refractivity contribution < 1.29 is 45.9 Å². The molecule has 0 unspecified atom stereocenters. The van der Waals surface area contributed by atoms with E-state index in [1.807, 2.05) is 0 Å². The first-order chi connectivity index (χ1) is 3.43. The zero-order valence-corrected chi connectivity index (χ0v) is 9.86. The van der Waals surface area contributed by atoms with Crippen LogP contribution in [0.4, 0.5) is 0 Å². The molecule has 0 spiro atoms. The minimum Gasteiger partial charge on any atom is -1.00 e. The van der Waals surface area contributed by atoms with E-state index in [9.17, 15) is 0 Å². The van der Waals surface area contributed by atoms with Crippen molar-refractivity contribution in [3.63, 3.8) is 0 Å².